The molecule has 0 bridgehead atoms. The smallest absolute Gasteiger partial charge is 0.122 e. The first kappa shape index (κ1) is 12.4. The summed E-state index contributed by atoms with van der Waals surface area (Å²) in [4.78, 5) is 10.2. The Morgan fingerprint density at radius 1 is 1.75 bits per heavy atom. The minimum absolute atomic E-state index is 0.187. The zero-order valence-electron chi connectivity index (χ0n) is 6.90. The van der Waals surface area contributed by atoms with Crippen molar-refractivity contribution in [3.05, 3.63) is 0 Å². The van der Waals surface area contributed by atoms with E-state index in [1.54, 1.807) is 0 Å². The highest BCUT2D eigenvalue weighted by molar-refractivity contribution is 8.00. The van der Waals surface area contributed by atoms with Crippen LogP contribution in [0.5, 0.6) is 0 Å². The van der Waals surface area contributed by atoms with E-state index in [-0.39, 0.29) is 21.5 Å². The van der Waals surface area contributed by atoms with E-state index in [2.05, 4.69) is 8.93 Å². The summed E-state index contributed by atoms with van der Waals surface area (Å²) in [6, 6.07) is 0. The van der Waals surface area contributed by atoms with Gasteiger partial charge in [-0.05, 0) is 0 Å². The van der Waals surface area contributed by atoms with E-state index in [0.717, 1.165) is 6.29 Å². The van der Waals surface area contributed by atoms with Gasteiger partial charge >= 0.3 is 0 Å². The molecular weight excluding hydrogens is 198 g/mol. The fraction of sp³-hybridized carbons (Fsp3) is 0.833. The van der Waals surface area contributed by atoms with Crippen molar-refractivity contribution >= 4 is 23.7 Å². The second-order valence-electron chi connectivity index (χ2n) is 2.20. The van der Waals surface area contributed by atoms with Crippen molar-refractivity contribution < 1.29 is 19.2 Å². The lowest BCUT2D eigenvalue weighted by Crippen LogP contribution is -2.31. The predicted octanol–water partition coefficient (Wildman–Crippen LogP) is 0.351. The summed E-state index contributed by atoms with van der Waals surface area (Å²) in [7, 11) is 4.07. The molecule has 0 rings (SSSR count). The van der Waals surface area contributed by atoms with E-state index in [1.807, 2.05) is 0 Å². The maximum absolute atomic E-state index is 10.2. The van der Waals surface area contributed by atoms with Crippen LogP contribution in [0.3, 0.4) is 0 Å². The molecular formula is C6H14O4P2. The van der Waals surface area contributed by atoms with Gasteiger partial charge in [-0.25, -0.2) is 0 Å². The fourth-order valence-corrected chi connectivity index (χ4v) is 1.70. The van der Waals surface area contributed by atoms with Crippen molar-refractivity contribution in [3.63, 3.8) is 0 Å². The molecule has 0 saturated carbocycles. The largest absolute Gasteiger partial charge is 0.388 e. The van der Waals surface area contributed by atoms with Gasteiger partial charge in [0.2, 0.25) is 0 Å². The minimum atomic E-state index is -0.728. The Morgan fingerprint density at radius 2 is 2.42 bits per heavy atom. The number of aliphatic hydroxyl groups is 1. The molecule has 0 aromatic carbocycles. The maximum Gasteiger partial charge on any atom is 0.122 e. The van der Waals surface area contributed by atoms with E-state index in [1.165, 1.54) is 7.11 Å². The molecule has 0 fully saturated rings. The summed E-state index contributed by atoms with van der Waals surface area (Å²) in [6.07, 6.45) is -0.244. The van der Waals surface area contributed by atoms with Crippen molar-refractivity contribution in [1.82, 2.24) is 0 Å². The maximum atomic E-state index is 10.2. The second-order valence-corrected chi connectivity index (χ2v) is 3.38. The number of hydrogen-bond acceptors (Lipinski definition) is 4. The molecule has 2 unspecified atom stereocenters. The lowest BCUT2D eigenvalue weighted by atomic mass is 10.2. The van der Waals surface area contributed by atoms with Gasteiger partial charge in [-0.15, -0.1) is 0 Å². The number of carbonyl (C=O) groups excluding carboxylic acids is 1. The molecule has 4 atom stereocenters. The zero-order valence-corrected chi connectivity index (χ0v) is 9.05. The highest BCUT2D eigenvalue weighted by Crippen LogP contribution is 2.25. The molecule has 12 heavy (non-hydrogen) atoms. The quantitative estimate of drug-likeness (QED) is 0.488. The number of methoxy groups -OCH3 is 1. The third-order valence-corrected chi connectivity index (χ3v) is 2.16. The average Bonchev–Trinajstić information content (AvgIpc) is 2.04. The van der Waals surface area contributed by atoms with Gasteiger partial charge in [0, 0.05) is 22.0 Å². The summed E-state index contributed by atoms with van der Waals surface area (Å²) in [5.41, 5.74) is 0. The van der Waals surface area contributed by atoms with Crippen molar-refractivity contribution in [2.75, 3.05) is 13.7 Å². The lowest BCUT2D eigenvalue weighted by Gasteiger charge is -2.19. The molecule has 0 aromatic heterocycles. The zero-order chi connectivity index (χ0) is 9.40. The van der Waals surface area contributed by atoms with Crippen LogP contribution < -0.4 is 0 Å². The molecule has 72 valence electrons. The van der Waals surface area contributed by atoms with Crippen molar-refractivity contribution in [2.24, 2.45) is 0 Å². The number of hydrogen-bond donors (Lipinski definition) is 1. The van der Waals surface area contributed by atoms with Crippen LogP contribution in [0.4, 0.5) is 0 Å². The topological polar surface area (TPSA) is 55.8 Å². The van der Waals surface area contributed by atoms with Gasteiger partial charge in [-0.1, -0.05) is 8.93 Å². The highest BCUT2D eigenvalue weighted by Gasteiger charge is 2.18. The van der Waals surface area contributed by atoms with Gasteiger partial charge in [0.05, 0.1) is 12.7 Å². The van der Waals surface area contributed by atoms with E-state index >= 15 is 0 Å². The van der Waals surface area contributed by atoms with E-state index in [0.29, 0.717) is 0 Å². The summed E-state index contributed by atoms with van der Waals surface area (Å²) < 4.78 is 9.85. The number of rotatable bonds is 7. The van der Waals surface area contributed by atoms with Crippen LogP contribution in [-0.2, 0) is 14.1 Å². The summed E-state index contributed by atoms with van der Waals surface area (Å²) in [6.45, 7) is 0.188. The van der Waals surface area contributed by atoms with Crippen LogP contribution in [0.15, 0.2) is 0 Å². The van der Waals surface area contributed by atoms with E-state index < -0.39 is 12.2 Å². The molecule has 0 aliphatic carbocycles. The summed E-state index contributed by atoms with van der Waals surface area (Å²) in [5, 5.41) is 9.36. The third-order valence-electron chi connectivity index (χ3n) is 1.31. The van der Waals surface area contributed by atoms with Crippen molar-refractivity contribution in [1.29, 1.82) is 0 Å². The molecule has 0 radical (unpaired) electrons. The van der Waals surface area contributed by atoms with Crippen LogP contribution in [0.2, 0.25) is 0 Å². The Labute approximate surface area is 76.0 Å². The number of carbonyl (C=O) groups is 1. The Kier molecular flexibility index (Phi) is 8.30. The lowest BCUT2D eigenvalue weighted by molar-refractivity contribution is -0.111. The third kappa shape index (κ3) is 5.13. The Balaban J connectivity index is 3.80. The molecule has 0 heterocycles. The first-order valence-electron chi connectivity index (χ1n) is 3.48. The fourth-order valence-electron chi connectivity index (χ4n) is 0.744. The molecule has 0 amide bonds. The number of ether oxygens (including phenoxy) is 1. The van der Waals surface area contributed by atoms with Gasteiger partial charge in [-0.2, -0.15) is 0 Å². The minimum Gasteiger partial charge on any atom is -0.388 e. The molecule has 0 spiro atoms. The van der Waals surface area contributed by atoms with Gasteiger partial charge in [0.25, 0.3) is 0 Å². The van der Waals surface area contributed by atoms with Crippen LogP contribution in [0.25, 0.3) is 0 Å². The number of aldehydes is 1. The van der Waals surface area contributed by atoms with Crippen molar-refractivity contribution in [3.8, 4) is 0 Å². The standard InChI is InChI=1S/C6H14O4P2/c1-9-4-5(8)6(2-3-7)10-12-11/h3,5-6,8,12H,2,4,11H2,1H3/t5-,6+/m0/s1. The molecule has 6 heteroatoms. The normalized spacial score (nSPS) is 16.6. The SMILES string of the molecule is COC[C@H](O)[C@@H](CC=O)OPP. The van der Waals surface area contributed by atoms with Gasteiger partial charge in [0.15, 0.2) is 0 Å². The Hall–Kier alpha value is 0.410. The van der Waals surface area contributed by atoms with E-state index in [4.69, 9.17) is 9.26 Å². The number of aliphatic hydroxyl groups excluding tert-OH is 1. The molecule has 1 N–H and O–H groups in total. The Bertz CT molecular complexity index is 122. The first-order valence-corrected chi connectivity index (χ1v) is 6.20. The first-order chi connectivity index (χ1) is 5.76. The van der Waals surface area contributed by atoms with Gasteiger partial charge in [0.1, 0.15) is 12.4 Å². The van der Waals surface area contributed by atoms with Crippen molar-refractivity contribution in [2.45, 2.75) is 18.6 Å². The molecule has 0 aliphatic rings. The molecule has 0 aromatic rings. The summed E-state index contributed by atoms with van der Waals surface area (Å²) in [5.74, 6) is 0. The van der Waals surface area contributed by atoms with Crippen LogP contribution in [0, 0.1) is 0 Å². The Morgan fingerprint density at radius 3 is 2.83 bits per heavy atom. The molecule has 0 saturated heterocycles. The molecule has 4 nitrogen and oxygen atoms in total. The monoisotopic (exact) mass is 212 g/mol. The van der Waals surface area contributed by atoms with Gasteiger partial charge < -0.3 is 19.2 Å². The average molecular weight is 212 g/mol. The predicted molar refractivity (Wildman–Crippen MR) is 51.5 cm³/mol. The summed E-state index contributed by atoms with van der Waals surface area (Å²) >= 11 is 0. The van der Waals surface area contributed by atoms with Gasteiger partial charge in [-0.3, -0.25) is 0 Å². The highest BCUT2D eigenvalue weighted by atomic mass is 32.0. The molecule has 0 aliphatic heterocycles. The second kappa shape index (κ2) is 8.03. The van der Waals surface area contributed by atoms with Crippen LogP contribution in [-0.4, -0.2) is 37.3 Å². The van der Waals surface area contributed by atoms with E-state index in [9.17, 15) is 9.90 Å². The van der Waals surface area contributed by atoms with Crippen LogP contribution >= 0.6 is 17.4 Å². The van der Waals surface area contributed by atoms with Crippen LogP contribution in [0.1, 0.15) is 6.42 Å².